The molecular weight excluding hydrogens is 410 g/mol. The minimum absolute atomic E-state index is 0.112. The second kappa shape index (κ2) is 9.90. The van der Waals surface area contributed by atoms with Gasteiger partial charge in [-0.05, 0) is 68.0 Å². The summed E-state index contributed by atoms with van der Waals surface area (Å²) in [5.74, 6) is 0.954. The third-order valence-electron chi connectivity index (χ3n) is 6.83. The zero-order valence-corrected chi connectivity index (χ0v) is 19.8. The fraction of sp³-hybridized carbons (Fsp3) is 0.345. The maximum Gasteiger partial charge on any atom is 0.179 e. The number of nitrogens with zero attached hydrogens (tertiary/aromatic N) is 1. The number of rotatable bonds is 7. The van der Waals surface area contributed by atoms with Crippen LogP contribution in [0.5, 0.6) is 5.75 Å². The van der Waals surface area contributed by atoms with Gasteiger partial charge in [0.1, 0.15) is 12.4 Å². The van der Waals surface area contributed by atoms with Gasteiger partial charge in [0, 0.05) is 18.7 Å². The molecule has 0 aliphatic carbocycles. The molecule has 33 heavy (non-hydrogen) atoms. The van der Waals surface area contributed by atoms with Gasteiger partial charge in [-0.3, -0.25) is 9.69 Å². The summed E-state index contributed by atoms with van der Waals surface area (Å²) in [6, 6.07) is 23.6. The molecule has 3 aromatic rings. The smallest absolute Gasteiger partial charge is 0.179 e. The summed E-state index contributed by atoms with van der Waals surface area (Å²) >= 11 is 0. The van der Waals surface area contributed by atoms with Crippen molar-refractivity contribution >= 4 is 5.78 Å². The van der Waals surface area contributed by atoms with Crippen LogP contribution in [0.25, 0.3) is 0 Å². The highest BCUT2D eigenvalue weighted by Gasteiger charge is 2.36. The van der Waals surface area contributed by atoms with E-state index in [1.165, 1.54) is 0 Å². The maximum atomic E-state index is 13.3. The Morgan fingerprint density at radius 3 is 2.09 bits per heavy atom. The molecule has 3 aromatic carbocycles. The van der Waals surface area contributed by atoms with Crippen molar-refractivity contribution in [3.8, 4) is 5.75 Å². The molecule has 1 fully saturated rings. The topological polar surface area (TPSA) is 49.8 Å². The Morgan fingerprint density at radius 1 is 0.970 bits per heavy atom. The lowest BCUT2D eigenvalue weighted by molar-refractivity contribution is -0.0318. The Morgan fingerprint density at radius 2 is 1.52 bits per heavy atom. The molecule has 172 valence electrons. The van der Waals surface area contributed by atoms with E-state index < -0.39 is 5.60 Å². The number of Topliss-reactive ketones (excluding diaryl/α,β-unsaturated/α-hetero) is 1. The van der Waals surface area contributed by atoms with E-state index in [1.807, 2.05) is 93.6 Å². The highest BCUT2D eigenvalue weighted by Crippen LogP contribution is 2.34. The van der Waals surface area contributed by atoms with Crippen molar-refractivity contribution in [2.45, 2.75) is 51.9 Å². The number of carbonyl (C=O) groups excluding carboxylic acids is 1. The van der Waals surface area contributed by atoms with Crippen LogP contribution < -0.4 is 4.74 Å². The molecule has 0 aromatic heterocycles. The van der Waals surface area contributed by atoms with E-state index in [0.29, 0.717) is 38.1 Å². The Labute approximate surface area is 196 Å². The molecule has 1 heterocycles. The Hall–Kier alpha value is -2.95. The van der Waals surface area contributed by atoms with Gasteiger partial charge in [0.05, 0.1) is 11.6 Å². The molecule has 1 N–H and O–H groups in total. The van der Waals surface area contributed by atoms with Crippen LogP contribution in [-0.4, -0.2) is 34.9 Å². The van der Waals surface area contributed by atoms with E-state index in [9.17, 15) is 9.90 Å². The van der Waals surface area contributed by atoms with E-state index in [0.717, 1.165) is 28.0 Å². The van der Waals surface area contributed by atoms with Crippen LogP contribution in [0.1, 0.15) is 52.4 Å². The van der Waals surface area contributed by atoms with Crippen molar-refractivity contribution in [1.82, 2.24) is 4.90 Å². The summed E-state index contributed by atoms with van der Waals surface area (Å²) in [6.07, 6.45) is 1.25. The predicted octanol–water partition coefficient (Wildman–Crippen LogP) is 5.44. The number of ether oxygens (including phenoxy) is 1. The van der Waals surface area contributed by atoms with Crippen LogP contribution in [0.2, 0.25) is 0 Å². The van der Waals surface area contributed by atoms with Gasteiger partial charge < -0.3 is 9.84 Å². The van der Waals surface area contributed by atoms with E-state index in [2.05, 4.69) is 4.90 Å². The van der Waals surface area contributed by atoms with Gasteiger partial charge in [-0.1, -0.05) is 60.7 Å². The number of hydrogen-bond acceptors (Lipinski definition) is 4. The van der Waals surface area contributed by atoms with Gasteiger partial charge in [-0.2, -0.15) is 0 Å². The predicted molar refractivity (Wildman–Crippen MR) is 132 cm³/mol. The number of aryl methyl sites for hydroxylation is 2. The van der Waals surface area contributed by atoms with Crippen LogP contribution in [0.4, 0.5) is 0 Å². The minimum atomic E-state index is -0.814. The molecule has 0 amide bonds. The first kappa shape index (κ1) is 23.2. The number of aliphatic hydroxyl groups is 1. The summed E-state index contributed by atoms with van der Waals surface area (Å²) in [5.41, 5.74) is 3.92. The minimum Gasteiger partial charge on any atom is -0.488 e. The number of ketones is 1. The molecule has 1 saturated heterocycles. The maximum absolute atomic E-state index is 13.3. The van der Waals surface area contributed by atoms with Crippen molar-refractivity contribution in [1.29, 1.82) is 0 Å². The highest BCUT2D eigenvalue weighted by molar-refractivity contribution is 6.00. The fourth-order valence-electron chi connectivity index (χ4n) is 4.78. The molecule has 1 aliphatic heterocycles. The number of likely N-dealkylation sites (tertiary alicyclic amines) is 1. The van der Waals surface area contributed by atoms with E-state index >= 15 is 0 Å². The zero-order chi connectivity index (χ0) is 23.4. The lowest BCUT2D eigenvalue weighted by atomic mass is 9.84. The lowest BCUT2D eigenvalue weighted by Gasteiger charge is -2.40. The monoisotopic (exact) mass is 443 g/mol. The summed E-state index contributed by atoms with van der Waals surface area (Å²) in [4.78, 5) is 15.5. The second-order valence-electron chi connectivity index (χ2n) is 9.19. The highest BCUT2D eigenvalue weighted by atomic mass is 16.5. The summed E-state index contributed by atoms with van der Waals surface area (Å²) in [6.45, 7) is 7.85. The van der Waals surface area contributed by atoms with Crippen molar-refractivity contribution < 1.29 is 14.6 Å². The largest absolute Gasteiger partial charge is 0.488 e. The Balaban J connectivity index is 1.41. The molecule has 0 spiro atoms. The standard InChI is InChI=1S/C29H33NO3/c1-21-18-25(19-22(2)28(21)33-20-24-10-6-4-7-11-24)27(31)23(3)30-16-14-29(32,15-17-30)26-12-8-5-9-13-26/h4-13,18-19,23,32H,14-17,20H2,1-3H3. The molecule has 1 aliphatic rings. The first-order chi connectivity index (χ1) is 15.9. The number of piperidine rings is 1. The van der Waals surface area contributed by atoms with E-state index in [4.69, 9.17) is 4.74 Å². The van der Waals surface area contributed by atoms with E-state index in [-0.39, 0.29) is 11.8 Å². The molecule has 0 radical (unpaired) electrons. The summed E-state index contributed by atoms with van der Waals surface area (Å²) in [7, 11) is 0. The SMILES string of the molecule is Cc1cc(C(=O)C(C)N2CCC(O)(c3ccccc3)CC2)cc(C)c1OCc1ccccc1. The van der Waals surface area contributed by atoms with Crippen molar-refractivity contribution in [3.63, 3.8) is 0 Å². The molecule has 4 rings (SSSR count). The first-order valence-corrected chi connectivity index (χ1v) is 11.7. The van der Waals surface area contributed by atoms with Gasteiger partial charge >= 0.3 is 0 Å². The summed E-state index contributed by atoms with van der Waals surface area (Å²) in [5, 5.41) is 11.1. The normalized spacial score (nSPS) is 16.8. The quantitative estimate of drug-likeness (QED) is 0.494. The Kier molecular flexibility index (Phi) is 6.96. The number of carbonyl (C=O) groups is 1. The van der Waals surface area contributed by atoms with Gasteiger partial charge in [0.25, 0.3) is 0 Å². The van der Waals surface area contributed by atoms with Crippen LogP contribution in [0.15, 0.2) is 72.8 Å². The van der Waals surface area contributed by atoms with Crippen LogP contribution in [0.3, 0.4) is 0 Å². The fourth-order valence-corrected chi connectivity index (χ4v) is 4.78. The van der Waals surface area contributed by atoms with Gasteiger partial charge in [-0.15, -0.1) is 0 Å². The molecule has 1 unspecified atom stereocenters. The van der Waals surface area contributed by atoms with Crippen molar-refractivity contribution in [3.05, 3.63) is 101 Å². The molecule has 0 saturated carbocycles. The van der Waals surface area contributed by atoms with Gasteiger partial charge in [0.2, 0.25) is 0 Å². The van der Waals surface area contributed by atoms with Crippen LogP contribution in [-0.2, 0) is 12.2 Å². The van der Waals surface area contributed by atoms with Gasteiger partial charge in [-0.25, -0.2) is 0 Å². The third-order valence-corrected chi connectivity index (χ3v) is 6.83. The van der Waals surface area contributed by atoms with Gasteiger partial charge in [0.15, 0.2) is 5.78 Å². The molecule has 4 heteroatoms. The molecular formula is C29H33NO3. The molecule has 0 bridgehead atoms. The third kappa shape index (κ3) is 5.18. The summed E-state index contributed by atoms with van der Waals surface area (Å²) < 4.78 is 6.08. The number of hydrogen-bond donors (Lipinski definition) is 1. The zero-order valence-electron chi connectivity index (χ0n) is 19.8. The van der Waals surface area contributed by atoms with Crippen LogP contribution in [0, 0.1) is 13.8 Å². The van der Waals surface area contributed by atoms with Crippen molar-refractivity contribution in [2.75, 3.05) is 13.1 Å². The van der Waals surface area contributed by atoms with E-state index in [1.54, 1.807) is 0 Å². The molecule has 1 atom stereocenters. The molecule has 4 nitrogen and oxygen atoms in total. The van der Waals surface area contributed by atoms with Crippen molar-refractivity contribution in [2.24, 2.45) is 0 Å². The lowest BCUT2D eigenvalue weighted by Crippen LogP contribution is -2.48. The van der Waals surface area contributed by atoms with Crippen LogP contribution >= 0.6 is 0 Å². The Bertz CT molecular complexity index is 1060. The average molecular weight is 444 g/mol. The average Bonchev–Trinajstić information content (AvgIpc) is 2.84. The number of benzene rings is 3. The second-order valence-corrected chi connectivity index (χ2v) is 9.19. The first-order valence-electron chi connectivity index (χ1n) is 11.7.